The van der Waals surface area contributed by atoms with Crippen LogP contribution in [0.1, 0.15) is 38.3 Å². The number of carbonyl (C=O) groups excluding carboxylic acids is 2. The summed E-state index contributed by atoms with van der Waals surface area (Å²) in [7, 11) is 0. The number of benzene rings is 1. The molecular formula is C21H23F3N4O4. The van der Waals surface area contributed by atoms with Crippen molar-refractivity contribution in [2.75, 3.05) is 16.8 Å². The molecule has 3 rings (SSSR count). The fraction of sp³-hybridized carbons (Fsp3) is 0.381. The Morgan fingerprint density at radius 1 is 1.25 bits per heavy atom. The van der Waals surface area contributed by atoms with Crippen LogP contribution in [0.2, 0.25) is 0 Å². The van der Waals surface area contributed by atoms with E-state index in [-0.39, 0.29) is 25.2 Å². The maximum atomic E-state index is 13.1. The van der Waals surface area contributed by atoms with E-state index in [9.17, 15) is 27.9 Å². The van der Waals surface area contributed by atoms with Crippen LogP contribution in [-0.2, 0) is 4.79 Å². The van der Waals surface area contributed by atoms with Gasteiger partial charge in [-0.05, 0) is 42.7 Å². The van der Waals surface area contributed by atoms with E-state index in [1.807, 2.05) is 0 Å². The second-order valence-corrected chi connectivity index (χ2v) is 7.32. The second kappa shape index (κ2) is 9.03. The fourth-order valence-corrected chi connectivity index (χ4v) is 3.54. The Balaban J connectivity index is 1.91. The zero-order valence-electron chi connectivity index (χ0n) is 17.4. The number of urea groups is 1. The van der Waals surface area contributed by atoms with Crippen LogP contribution in [0.3, 0.4) is 0 Å². The largest absolute Gasteiger partial charge is 0.573 e. The molecule has 1 aromatic carbocycles. The standard InChI is InChI=1S/C21H23F3N4O4/c1-3-20(31,4-2)17(13-7-9-14(10-8-13)32-21(22,23)24)27-19(30)28-12-16(29)26-15-6-5-11-25-18(15)28/h5-11,17,31H,3-4,12H2,1-2H3,(H,26,29)(H,27,30). The van der Waals surface area contributed by atoms with Crippen molar-refractivity contribution in [3.63, 3.8) is 0 Å². The minimum absolute atomic E-state index is 0.244. The molecule has 0 saturated heterocycles. The van der Waals surface area contributed by atoms with E-state index in [0.717, 1.165) is 17.0 Å². The number of nitrogens with zero attached hydrogens (tertiary/aromatic N) is 2. The predicted octanol–water partition coefficient (Wildman–Crippen LogP) is 3.74. The van der Waals surface area contributed by atoms with Gasteiger partial charge < -0.3 is 20.5 Å². The van der Waals surface area contributed by atoms with Crippen LogP contribution in [0.15, 0.2) is 42.6 Å². The number of amides is 3. The molecule has 0 fully saturated rings. The molecule has 1 aromatic heterocycles. The summed E-state index contributed by atoms with van der Waals surface area (Å²) < 4.78 is 41.3. The van der Waals surface area contributed by atoms with Gasteiger partial charge in [0, 0.05) is 6.20 Å². The molecule has 1 unspecified atom stereocenters. The zero-order valence-corrected chi connectivity index (χ0v) is 17.4. The molecule has 3 N–H and O–H groups in total. The Kier molecular flexibility index (Phi) is 6.58. The highest BCUT2D eigenvalue weighted by Gasteiger charge is 2.38. The van der Waals surface area contributed by atoms with Crippen LogP contribution in [0.25, 0.3) is 0 Å². The van der Waals surface area contributed by atoms with Crippen molar-refractivity contribution < 1.29 is 32.6 Å². The van der Waals surface area contributed by atoms with E-state index in [2.05, 4.69) is 20.4 Å². The first-order valence-corrected chi connectivity index (χ1v) is 9.97. The Labute approximate surface area is 182 Å². The second-order valence-electron chi connectivity index (χ2n) is 7.32. The summed E-state index contributed by atoms with van der Waals surface area (Å²) in [5.41, 5.74) is -0.653. The lowest BCUT2D eigenvalue weighted by Crippen LogP contribution is -2.53. The van der Waals surface area contributed by atoms with Crippen LogP contribution in [-0.4, -0.2) is 40.5 Å². The minimum Gasteiger partial charge on any atom is -0.406 e. The van der Waals surface area contributed by atoms with Gasteiger partial charge in [-0.3, -0.25) is 9.69 Å². The maximum absolute atomic E-state index is 13.1. The normalized spacial score (nSPS) is 14.9. The van der Waals surface area contributed by atoms with Crippen molar-refractivity contribution in [1.82, 2.24) is 10.3 Å². The van der Waals surface area contributed by atoms with Gasteiger partial charge in [0.1, 0.15) is 12.3 Å². The summed E-state index contributed by atoms with van der Waals surface area (Å²) in [6.07, 6.45) is -2.85. The lowest BCUT2D eigenvalue weighted by molar-refractivity contribution is -0.274. The highest BCUT2D eigenvalue weighted by atomic mass is 19.4. The van der Waals surface area contributed by atoms with Crippen molar-refractivity contribution in [2.24, 2.45) is 0 Å². The molecule has 2 heterocycles. The lowest BCUT2D eigenvalue weighted by Gasteiger charge is -2.37. The molecular weight excluding hydrogens is 429 g/mol. The molecule has 172 valence electrons. The molecule has 0 spiro atoms. The fourth-order valence-electron chi connectivity index (χ4n) is 3.54. The van der Waals surface area contributed by atoms with Crippen molar-refractivity contribution >= 4 is 23.4 Å². The molecule has 11 heteroatoms. The molecule has 8 nitrogen and oxygen atoms in total. The van der Waals surface area contributed by atoms with Crippen LogP contribution in [0.4, 0.5) is 29.5 Å². The molecule has 1 aliphatic heterocycles. The van der Waals surface area contributed by atoms with Crippen LogP contribution in [0, 0.1) is 0 Å². The summed E-state index contributed by atoms with van der Waals surface area (Å²) >= 11 is 0. The number of halogens is 3. The first-order chi connectivity index (χ1) is 15.1. The molecule has 0 radical (unpaired) electrons. The molecule has 1 aliphatic rings. The first-order valence-electron chi connectivity index (χ1n) is 9.97. The van der Waals surface area contributed by atoms with Crippen molar-refractivity contribution in [2.45, 2.75) is 44.7 Å². The van der Waals surface area contributed by atoms with E-state index in [1.54, 1.807) is 26.0 Å². The maximum Gasteiger partial charge on any atom is 0.573 e. The van der Waals surface area contributed by atoms with Gasteiger partial charge in [0.05, 0.1) is 17.3 Å². The molecule has 1 atom stereocenters. The minimum atomic E-state index is -4.84. The first kappa shape index (κ1) is 23.3. The third-order valence-corrected chi connectivity index (χ3v) is 5.34. The number of nitrogens with one attached hydrogen (secondary N) is 2. The molecule has 0 aliphatic carbocycles. The van der Waals surface area contributed by atoms with Gasteiger partial charge in [0.2, 0.25) is 5.91 Å². The van der Waals surface area contributed by atoms with Gasteiger partial charge in [-0.15, -0.1) is 13.2 Å². The van der Waals surface area contributed by atoms with Gasteiger partial charge in [0.15, 0.2) is 5.82 Å². The van der Waals surface area contributed by atoms with Crippen LogP contribution < -0.4 is 20.3 Å². The topological polar surface area (TPSA) is 104 Å². The third-order valence-electron chi connectivity index (χ3n) is 5.34. The number of hydrogen-bond acceptors (Lipinski definition) is 5. The van der Waals surface area contributed by atoms with Gasteiger partial charge >= 0.3 is 12.4 Å². The third kappa shape index (κ3) is 5.10. The summed E-state index contributed by atoms with van der Waals surface area (Å²) in [6, 6.07) is 6.47. The Morgan fingerprint density at radius 3 is 2.50 bits per heavy atom. The number of ether oxygens (including phenoxy) is 1. The van der Waals surface area contributed by atoms with Crippen molar-refractivity contribution in [3.8, 4) is 5.75 Å². The van der Waals surface area contributed by atoms with E-state index in [0.29, 0.717) is 11.3 Å². The number of fused-ring (bicyclic) bond motifs is 1. The number of anilines is 2. The van der Waals surface area contributed by atoms with E-state index < -0.39 is 35.7 Å². The van der Waals surface area contributed by atoms with Crippen molar-refractivity contribution in [1.29, 1.82) is 0 Å². The average Bonchev–Trinajstić information content (AvgIpc) is 2.75. The molecule has 0 saturated carbocycles. The van der Waals surface area contributed by atoms with Gasteiger partial charge in [0.25, 0.3) is 0 Å². The average molecular weight is 452 g/mol. The number of aromatic nitrogens is 1. The number of alkyl halides is 3. The van der Waals surface area contributed by atoms with E-state index in [4.69, 9.17) is 0 Å². The zero-order chi connectivity index (χ0) is 23.5. The number of pyridine rings is 1. The summed E-state index contributed by atoms with van der Waals surface area (Å²) in [4.78, 5) is 30.5. The molecule has 32 heavy (non-hydrogen) atoms. The monoisotopic (exact) mass is 452 g/mol. The molecule has 3 amide bonds. The Hall–Kier alpha value is -3.34. The van der Waals surface area contributed by atoms with E-state index >= 15 is 0 Å². The SMILES string of the molecule is CCC(O)(CC)C(NC(=O)N1CC(=O)Nc2cccnc21)c1ccc(OC(F)(F)F)cc1. The Morgan fingerprint density at radius 2 is 1.91 bits per heavy atom. The number of aliphatic hydroxyl groups is 1. The van der Waals surface area contributed by atoms with Crippen LogP contribution >= 0.6 is 0 Å². The van der Waals surface area contributed by atoms with Crippen LogP contribution in [0.5, 0.6) is 5.75 Å². The Bertz CT molecular complexity index is 978. The van der Waals surface area contributed by atoms with Crippen molar-refractivity contribution in [3.05, 3.63) is 48.2 Å². The summed E-state index contributed by atoms with van der Waals surface area (Å²) in [5, 5.41) is 16.5. The highest BCUT2D eigenvalue weighted by Crippen LogP contribution is 2.34. The summed E-state index contributed by atoms with van der Waals surface area (Å²) in [6.45, 7) is 3.18. The smallest absolute Gasteiger partial charge is 0.406 e. The molecule has 2 aromatic rings. The predicted molar refractivity (Wildman–Crippen MR) is 110 cm³/mol. The van der Waals surface area contributed by atoms with Gasteiger partial charge in [-0.1, -0.05) is 26.0 Å². The van der Waals surface area contributed by atoms with E-state index in [1.165, 1.54) is 18.3 Å². The quantitative estimate of drug-likeness (QED) is 0.620. The number of carbonyl (C=O) groups is 2. The van der Waals surface area contributed by atoms with Gasteiger partial charge in [-0.25, -0.2) is 9.78 Å². The van der Waals surface area contributed by atoms with Gasteiger partial charge in [-0.2, -0.15) is 0 Å². The summed E-state index contributed by atoms with van der Waals surface area (Å²) in [5.74, 6) is -0.588. The number of hydrogen-bond donors (Lipinski definition) is 3. The number of rotatable bonds is 6. The molecule has 0 bridgehead atoms. The lowest BCUT2D eigenvalue weighted by atomic mass is 9.84. The highest BCUT2D eigenvalue weighted by molar-refractivity contribution is 6.08.